The van der Waals surface area contributed by atoms with Crippen molar-refractivity contribution in [1.82, 2.24) is 10.3 Å². The summed E-state index contributed by atoms with van der Waals surface area (Å²) < 4.78 is 1.11. The Morgan fingerprint density at radius 2 is 2.28 bits per heavy atom. The average Bonchev–Trinajstić information content (AvgIpc) is 2.90. The van der Waals surface area contributed by atoms with Crippen molar-refractivity contribution in [3.05, 3.63) is 22.8 Å². The zero-order chi connectivity index (χ0) is 12.8. The zero-order valence-corrected chi connectivity index (χ0v) is 13.3. The molecule has 1 aromatic heterocycles. The van der Waals surface area contributed by atoms with Crippen molar-refractivity contribution in [3.8, 4) is 0 Å². The lowest BCUT2D eigenvalue weighted by Crippen LogP contribution is -2.37. The Kier molecular flexibility index (Phi) is 5.99. The van der Waals surface area contributed by atoms with Gasteiger partial charge < -0.3 is 5.32 Å². The molecule has 2 rings (SSSR count). The molecule has 1 heterocycles. The second kappa shape index (κ2) is 7.51. The summed E-state index contributed by atoms with van der Waals surface area (Å²) in [6.45, 7) is 3.26. The second-order valence-corrected chi connectivity index (χ2v) is 6.67. The molecule has 4 heteroatoms. The molecule has 0 aromatic carbocycles. The van der Waals surface area contributed by atoms with Gasteiger partial charge in [-0.05, 0) is 53.4 Å². The van der Waals surface area contributed by atoms with Crippen LogP contribution in [0.25, 0.3) is 0 Å². The first-order valence-corrected chi connectivity index (χ1v) is 8.55. The summed E-state index contributed by atoms with van der Waals surface area (Å²) in [4.78, 5) is 4.43. The molecule has 0 aliphatic heterocycles. The quantitative estimate of drug-likeness (QED) is 0.795. The van der Waals surface area contributed by atoms with E-state index in [1.54, 1.807) is 0 Å². The minimum absolute atomic E-state index is 0.636. The molecular weight excluding hydrogens is 308 g/mol. The van der Waals surface area contributed by atoms with E-state index < -0.39 is 0 Å². The number of nitrogens with one attached hydrogen (secondary N) is 1. The lowest BCUT2D eigenvalue weighted by Gasteiger charge is -2.23. The molecule has 1 unspecified atom stereocenters. The summed E-state index contributed by atoms with van der Waals surface area (Å²) in [5, 5.41) is 4.76. The van der Waals surface area contributed by atoms with Crippen molar-refractivity contribution in [2.45, 2.75) is 43.7 Å². The molecule has 0 amide bonds. The van der Waals surface area contributed by atoms with Gasteiger partial charge in [0.1, 0.15) is 5.03 Å². The predicted molar refractivity (Wildman–Crippen MR) is 82.1 cm³/mol. The average molecular weight is 329 g/mol. The van der Waals surface area contributed by atoms with Gasteiger partial charge in [0.15, 0.2) is 0 Å². The van der Waals surface area contributed by atoms with E-state index in [0.717, 1.165) is 27.7 Å². The van der Waals surface area contributed by atoms with Crippen molar-refractivity contribution in [1.29, 1.82) is 0 Å². The van der Waals surface area contributed by atoms with E-state index in [-0.39, 0.29) is 0 Å². The van der Waals surface area contributed by atoms with Crippen LogP contribution in [0.5, 0.6) is 0 Å². The summed E-state index contributed by atoms with van der Waals surface area (Å²) in [7, 11) is 0. The van der Waals surface area contributed by atoms with E-state index in [9.17, 15) is 0 Å². The van der Waals surface area contributed by atoms with Gasteiger partial charge in [0.2, 0.25) is 0 Å². The van der Waals surface area contributed by atoms with Crippen LogP contribution in [0.2, 0.25) is 0 Å². The van der Waals surface area contributed by atoms with Crippen LogP contribution >= 0.6 is 27.7 Å². The Morgan fingerprint density at radius 3 is 2.94 bits per heavy atom. The van der Waals surface area contributed by atoms with Crippen LogP contribution in [-0.4, -0.2) is 23.3 Å². The number of aromatic nitrogens is 1. The number of halogens is 1. The molecule has 1 fully saturated rings. The Hall–Kier alpha value is -0.0600. The van der Waals surface area contributed by atoms with Gasteiger partial charge in [-0.25, -0.2) is 4.98 Å². The van der Waals surface area contributed by atoms with Gasteiger partial charge in [-0.3, -0.25) is 0 Å². The van der Waals surface area contributed by atoms with Crippen molar-refractivity contribution in [2.24, 2.45) is 5.92 Å². The Labute approximate surface area is 122 Å². The monoisotopic (exact) mass is 328 g/mol. The molecule has 1 aliphatic carbocycles. The molecule has 1 aromatic rings. The largest absolute Gasteiger partial charge is 0.313 e. The standard InChI is InChI=1S/C14H21BrN2S/c1-2-16-13(11-6-3-4-7-11)10-18-14-12(15)8-5-9-17-14/h5,8-9,11,13,16H,2-4,6-7,10H2,1H3. The lowest BCUT2D eigenvalue weighted by atomic mass is 10.00. The first kappa shape index (κ1) is 14.4. The molecule has 2 nitrogen and oxygen atoms in total. The van der Waals surface area contributed by atoms with Crippen LogP contribution in [0.4, 0.5) is 0 Å². The van der Waals surface area contributed by atoms with Gasteiger partial charge >= 0.3 is 0 Å². The Bertz CT molecular complexity index is 367. The first-order chi connectivity index (χ1) is 8.81. The van der Waals surface area contributed by atoms with Crippen LogP contribution in [0, 0.1) is 5.92 Å². The van der Waals surface area contributed by atoms with Gasteiger partial charge in [-0.1, -0.05) is 19.8 Å². The summed E-state index contributed by atoms with van der Waals surface area (Å²) in [5.41, 5.74) is 0. The fourth-order valence-electron chi connectivity index (χ4n) is 2.63. The van der Waals surface area contributed by atoms with Crippen molar-refractivity contribution in [3.63, 3.8) is 0 Å². The highest BCUT2D eigenvalue weighted by molar-refractivity contribution is 9.10. The van der Waals surface area contributed by atoms with Crippen LogP contribution in [0.1, 0.15) is 32.6 Å². The van der Waals surface area contributed by atoms with E-state index >= 15 is 0 Å². The minimum atomic E-state index is 0.636. The molecule has 1 aliphatic rings. The van der Waals surface area contributed by atoms with Gasteiger partial charge in [-0.2, -0.15) is 0 Å². The van der Waals surface area contributed by atoms with Gasteiger partial charge in [0.25, 0.3) is 0 Å². The molecule has 100 valence electrons. The van der Waals surface area contributed by atoms with Crippen molar-refractivity contribution in [2.75, 3.05) is 12.3 Å². The minimum Gasteiger partial charge on any atom is -0.313 e. The number of hydrogen-bond donors (Lipinski definition) is 1. The van der Waals surface area contributed by atoms with E-state index in [4.69, 9.17) is 0 Å². The lowest BCUT2D eigenvalue weighted by molar-refractivity contribution is 0.394. The molecule has 0 radical (unpaired) electrons. The fraction of sp³-hybridized carbons (Fsp3) is 0.643. The molecular formula is C14H21BrN2S. The van der Waals surface area contributed by atoms with Crippen molar-refractivity contribution < 1.29 is 0 Å². The van der Waals surface area contributed by atoms with E-state index in [1.807, 2.05) is 24.0 Å². The third-order valence-corrected chi connectivity index (χ3v) is 5.59. The number of pyridine rings is 1. The number of hydrogen-bond acceptors (Lipinski definition) is 3. The topological polar surface area (TPSA) is 24.9 Å². The van der Waals surface area contributed by atoms with Gasteiger partial charge in [0, 0.05) is 22.5 Å². The van der Waals surface area contributed by atoms with Gasteiger partial charge in [0.05, 0.1) is 0 Å². The molecule has 1 N–H and O–H groups in total. The normalized spacial score (nSPS) is 18.1. The third kappa shape index (κ3) is 3.97. The maximum Gasteiger partial charge on any atom is 0.110 e. The maximum atomic E-state index is 4.43. The van der Waals surface area contributed by atoms with Crippen molar-refractivity contribution >= 4 is 27.7 Å². The van der Waals surface area contributed by atoms with Crippen LogP contribution < -0.4 is 5.32 Å². The fourth-order valence-corrected chi connectivity index (χ4v) is 4.30. The van der Waals surface area contributed by atoms with Gasteiger partial charge in [-0.15, -0.1) is 11.8 Å². The molecule has 0 bridgehead atoms. The number of rotatable bonds is 6. The number of nitrogens with zero attached hydrogens (tertiary/aromatic N) is 1. The highest BCUT2D eigenvalue weighted by Crippen LogP contribution is 2.32. The molecule has 0 spiro atoms. The first-order valence-electron chi connectivity index (χ1n) is 6.78. The zero-order valence-electron chi connectivity index (χ0n) is 10.9. The van der Waals surface area contributed by atoms with E-state index in [2.05, 4.69) is 39.2 Å². The molecule has 18 heavy (non-hydrogen) atoms. The molecule has 0 saturated heterocycles. The maximum absolute atomic E-state index is 4.43. The second-order valence-electron chi connectivity index (χ2n) is 4.81. The SMILES string of the molecule is CCNC(CSc1ncccc1Br)C1CCCC1. The van der Waals surface area contributed by atoms with Crippen LogP contribution in [0.15, 0.2) is 27.8 Å². The van der Waals surface area contributed by atoms with Crippen LogP contribution in [-0.2, 0) is 0 Å². The Morgan fingerprint density at radius 1 is 1.50 bits per heavy atom. The smallest absolute Gasteiger partial charge is 0.110 e. The summed E-state index contributed by atoms with van der Waals surface area (Å²) >= 11 is 5.43. The third-order valence-electron chi connectivity index (χ3n) is 3.56. The summed E-state index contributed by atoms with van der Waals surface area (Å²) in [6, 6.07) is 4.66. The Balaban J connectivity index is 1.91. The highest BCUT2D eigenvalue weighted by Gasteiger charge is 2.24. The highest BCUT2D eigenvalue weighted by atomic mass is 79.9. The molecule has 1 saturated carbocycles. The number of thioether (sulfide) groups is 1. The summed E-state index contributed by atoms with van der Waals surface area (Å²) in [6.07, 6.45) is 7.46. The summed E-state index contributed by atoms with van der Waals surface area (Å²) in [5.74, 6) is 1.98. The predicted octanol–water partition coefficient (Wildman–Crippen LogP) is 4.10. The van der Waals surface area contributed by atoms with Crippen LogP contribution in [0.3, 0.4) is 0 Å². The van der Waals surface area contributed by atoms with E-state index in [1.165, 1.54) is 25.7 Å². The molecule has 1 atom stereocenters. The van der Waals surface area contributed by atoms with E-state index in [0.29, 0.717) is 6.04 Å².